The van der Waals surface area contributed by atoms with E-state index in [1.165, 1.54) is 0 Å². The molecule has 0 saturated carbocycles. The van der Waals surface area contributed by atoms with Gasteiger partial charge in [-0.25, -0.2) is 0 Å². The number of benzene rings is 3. The van der Waals surface area contributed by atoms with Crippen LogP contribution in [0.2, 0.25) is 5.02 Å². The predicted molar refractivity (Wildman–Crippen MR) is 121 cm³/mol. The summed E-state index contributed by atoms with van der Waals surface area (Å²) >= 11 is 9.77. The summed E-state index contributed by atoms with van der Waals surface area (Å²) in [4.78, 5) is 0. The van der Waals surface area contributed by atoms with Crippen molar-refractivity contribution in [1.82, 2.24) is 0 Å². The van der Waals surface area contributed by atoms with Crippen molar-refractivity contribution in [2.75, 3.05) is 7.11 Å². The number of halogens is 2. The maximum atomic E-state index is 9.60. The summed E-state index contributed by atoms with van der Waals surface area (Å²) in [5, 5.41) is 10.3. The highest BCUT2D eigenvalue weighted by Crippen LogP contribution is 2.38. The number of nitriles is 1. The molecule has 3 aromatic rings. The van der Waals surface area contributed by atoms with E-state index in [2.05, 4.69) is 22.0 Å². The minimum absolute atomic E-state index is 0.316. The van der Waals surface area contributed by atoms with E-state index in [0.717, 1.165) is 26.7 Å². The fraction of sp³-hybridized carbons (Fsp3) is 0.125. The van der Waals surface area contributed by atoms with Crippen molar-refractivity contribution in [3.8, 4) is 17.6 Å². The number of methoxy groups -OCH3 is 1. The van der Waals surface area contributed by atoms with Gasteiger partial charge in [-0.1, -0.05) is 59.6 Å². The van der Waals surface area contributed by atoms with Crippen molar-refractivity contribution in [2.45, 2.75) is 13.5 Å². The Labute approximate surface area is 184 Å². The molecule has 146 valence electrons. The molecule has 0 heterocycles. The fourth-order valence-electron chi connectivity index (χ4n) is 2.81. The lowest BCUT2D eigenvalue weighted by Gasteiger charge is -2.14. The van der Waals surface area contributed by atoms with Gasteiger partial charge in [-0.2, -0.15) is 5.26 Å². The van der Waals surface area contributed by atoms with Crippen molar-refractivity contribution >= 4 is 39.2 Å². The van der Waals surface area contributed by atoms with E-state index >= 15 is 0 Å². The normalized spacial score (nSPS) is 11.1. The summed E-state index contributed by atoms with van der Waals surface area (Å²) in [5.74, 6) is 1.15. The molecule has 5 heteroatoms. The Morgan fingerprint density at radius 1 is 1.14 bits per heavy atom. The van der Waals surface area contributed by atoms with E-state index in [0.29, 0.717) is 28.7 Å². The molecule has 0 fully saturated rings. The molecule has 0 aliphatic rings. The van der Waals surface area contributed by atoms with Gasteiger partial charge < -0.3 is 9.47 Å². The molecule has 0 radical (unpaired) electrons. The maximum absolute atomic E-state index is 9.60. The molecule has 0 atom stereocenters. The highest BCUT2D eigenvalue weighted by Gasteiger charge is 2.13. The first-order valence-corrected chi connectivity index (χ1v) is 10.1. The summed E-state index contributed by atoms with van der Waals surface area (Å²) in [6, 6.07) is 21.4. The van der Waals surface area contributed by atoms with Crippen molar-refractivity contribution in [3.05, 3.63) is 92.4 Å². The molecular weight excluding hydrogens is 450 g/mol. The van der Waals surface area contributed by atoms with E-state index in [-0.39, 0.29) is 0 Å². The Kier molecular flexibility index (Phi) is 6.98. The Morgan fingerprint density at radius 2 is 1.86 bits per heavy atom. The van der Waals surface area contributed by atoms with Crippen LogP contribution in [0, 0.1) is 18.3 Å². The lowest BCUT2D eigenvalue weighted by atomic mass is 10.0. The second-order valence-electron chi connectivity index (χ2n) is 6.45. The number of aryl methyl sites for hydroxylation is 1. The first-order chi connectivity index (χ1) is 14.0. The molecule has 3 nitrogen and oxygen atoms in total. The Bertz CT molecular complexity index is 1090. The van der Waals surface area contributed by atoms with Crippen LogP contribution in [0.15, 0.2) is 65.1 Å². The topological polar surface area (TPSA) is 42.2 Å². The third-order valence-electron chi connectivity index (χ3n) is 4.38. The number of hydrogen-bond donors (Lipinski definition) is 0. The standard InChI is InChI=1S/C24H19BrClNO2/c1-16-7-9-18(10-8-16)20(14-27)11-17-12-21(25)24(23(13-17)28-2)29-15-19-5-3-4-6-22(19)26/h3-13H,15H2,1-2H3. The van der Waals surface area contributed by atoms with Gasteiger partial charge >= 0.3 is 0 Å². The van der Waals surface area contributed by atoms with Crippen LogP contribution in [0.5, 0.6) is 11.5 Å². The van der Waals surface area contributed by atoms with E-state index in [1.807, 2.05) is 73.7 Å². The number of rotatable bonds is 6. The molecule has 0 aliphatic carbocycles. The van der Waals surface area contributed by atoms with E-state index in [4.69, 9.17) is 21.1 Å². The van der Waals surface area contributed by atoms with Crippen molar-refractivity contribution in [3.63, 3.8) is 0 Å². The second-order valence-corrected chi connectivity index (χ2v) is 7.71. The van der Waals surface area contributed by atoms with Crippen molar-refractivity contribution in [2.24, 2.45) is 0 Å². The van der Waals surface area contributed by atoms with Gasteiger partial charge in [0.15, 0.2) is 11.5 Å². The van der Waals surface area contributed by atoms with Gasteiger partial charge in [-0.3, -0.25) is 0 Å². The Hall–Kier alpha value is -2.74. The van der Waals surface area contributed by atoms with Crippen LogP contribution < -0.4 is 9.47 Å². The van der Waals surface area contributed by atoms with Crippen molar-refractivity contribution < 1.29 is 9.47 Å². The largest absolute Gasteiger partial charge is 0.493 e. The molecular formula is C24H19BrClNO2. The average molecular weight is 469 g/mol. The summed E-state index contributed by atoms with van der Waals surface area (Å²) in [6.45, 7) is 2.33. The van der Waals surface area contributed by atoms with E-state index in [1.54, 1.807) is 7.11 Å². The molecule has 0 unspecified atom stereocenters. The summed E-state index contributed by atoms with van der Waals surface area (Å²) in [5.41, 5.74) is 4.31. The fourth-order valence-corrected chi connectivity index (χ4v) is 3.57. The van der Waals surface area contributed by atoms with Crippen molar-refractivity contribution in [1.29, 1.82) is 5.26 Å². The Morgan fingerprint density at radius 3 is 2.52 bits per heavy atom. The zero-order valence-corrected chi connectivity index (χ0v) is 18.4. The maximum Gasteiger partial charge on any atom is 0.175 e. The van der Waals surface area contributed by atoms with Gasteiger partial charge in [0.1, 0.15) is 6.61 Å². The molecule has 3 aromatic carbocycles. The minimum Gasteiger partial charge on any atom is -0.493 e. The molecule has 3 rings (SSSR count). The molecule has 0 amide bonds. The Balaban J connectivity index is 1.90. The van der Waals surface area contributed by atoms with Gasteiger partial charge in [0.25, 0.3) is 0 Å². The summed E-state index contributed by atoms with van der Waals surface area (Å²) in [6.07, 6.45) is 1.83. The second kappa shape index (κ2) is 9.65. The summed E-state index contributed by atoms with van der Waals surface area (Å²) < 4.78 is 12.2. The van der Waals surface area contributed by atoms with E-state index < -0.39 is 0 Å². The van der Waals surface area contributed by atoms with Gasteiger partial charge in [0.05, 0.1) is 23.2 Å². The number of nitrogens with zero attached hydrogens (tertiary/aromatic N) is 1. The minimum atomic E-state index is 0.316. The smallest absolute Gasteiger partial charge is 0.175 e. The summed E-state index contributed by atoms with van der Waals surface area (Å²) in [7, 11) is 1.59. The lowest BCUT2D eigenvalue weighted by Crippen LogP contribution is -1.99. The SMILES string of the molecule is COc1cc(C=C(C#N)c2ccc(C)cc2)cc(Br)c1OCc1ccccc1Cl. The van der Waals surface area contributed by atoms with Crippen LogP contribution in [-0.2, 0) is 6.61 Å². The molecule has 0 N–H and O–H groups in total. The monoisotopic (exact) mass is 467 g/mol. The average Bonchev–Trinajstić information content (AvgIpc) is 2.72. The molecule has 29 heavy (non-hydrogen) atoms. The van der Waals surface area contributed by atoms with Crippen LogP contribution in [0.3, 0.4) is 0 Å². The molecule has 0 bridgehead atoms. The highest BCUT2D eigenvalue weighted by molar-refractivity contribution is 9.10. The molecule has 0 aliphatic heterocycles. The first-order valence-electron chi connectivity index (χ1n) is 8.94. The van der Waals surface area contributed by atoms with E-state index in [9.17, 15) is 5.26 Å². The first kappa shape index (κ1) is 21.0. The molecule has 0 spiro atoms. The molecule has 0 saturated heterocycles. The lowest BCUT2D eigenvalue weighted by molar-refractivity contribution is 0.282. The van der Waals surface area contributed by atoms with Gasteiger partial charge in [-0.15, -0.1) is 0 Å². The van der Waals surface area contributed by atoms with Crippen LogP contribution in [0.25, 0.3) is 11.6 Å². The number of allylic oxidation sites excluding steroid dienone is 1. The quantitative estimate of drug-likeness (QED) is 0.287. The highest BCUT2D eigenvalue weighted by atomic mass is 79.9. The van der Waals surface area contributed by atoms with Gasteiger partial charge in [0.2, 0.25) is 0 Å². The van der Waals surface area contributed by atoms with Crippen LogP contribution in [-0.4, -0.2) is 7.11 Å². The zero-order chi connectivity index (χ0) is 20.8. The van der Waals surface area contributed by atoms with Gasteiger partial charge in [0, 0.05) is 10.6 Å². The van der Waals surface area contributed by atoms with Gasteiger partial charge in [-0.05, 0) is 58.3 Å². The van der Waals surface area contributed by atoms with Crippen LogP contribution >= 0.6 is 27.5 Å². The zero-order valence-electron chi connectivity index (χ0n) is 16.1. The predicted octanol–water partition coefficient (Wildman–Crippen LogP) is 7.06. The number of ether oxygens (including phenoxy) is 2. The van der Waals surface area contributed by atoms with Crippen LogP contribution in [0.4, 0.5) is 0 Å². The molecule has 0 aromatic heterocycles. The third-order valence-corrected chi connectivity index (χ3v) is 5.33. The number of hydrogen-bond acceptors (Lipinski definition) is 3. The van der Waals surface area contributed by atoms with Crippen LogP contribution in [0.1, 0.15) is 22.3 Å². The third kappa shape index (κ3) is 5.20.